The number of aromatic hydroxyl groups is 1. The smallest absolute Gasteiger partial charge is 0.412 e. The van der Waals surface area contributed by atoms with Crippen molar-refractivity contribution in [3.8, 4) is 5.75 Å². The van der Waals surface area contributed by atoms with Crippen molar-refractivity contribution in [2.45, 2.75) is 20.0 Å². The summed E-state index contributed by atoms with van der Waals surface area (Å²) in [6.45, 7) is 3.48. The number of fused-ring (bicyclic) bond motifs is 1. The van der Waals surface area contributed by atoms with E-state index in [1.807, 2.05) is 36.4 Å². The molecule has 7 heteroatoms. The average Bonchev–Trinajstić information content (AvgIpc) is 2.73. The van der Waals surface area contributed by atoms with E-state index >= 15 is 0 Å². The molecule has 0 heterocycles. The molecule has 0 unspecified atom stereocenters. The van der Waals surface area contributed by atoms with Gasteiger partial charge in [0, 0.05) is 26.0 Å². The largest absolute Gasteiger partial charge is 0.508 e. The van der Waals surface area contributed by atoms with Crippen LogP contribution in [-0.4, -0.2) is 22.3 Å². The fraction of sp³-hybridized carbons (Fsp3) is 0.167. The third-order valence-electron chi connectivity index (χ3n) is 4.85. The van der Waals surface area contributed by atoms with Crippen LogP contribution in [0.3, 0.4) is 0 Å². The molecule has 0 saturated carbocycles. The number of rotatable bonds is 6. The summed E-state index contributed by atoms with van der Waals surface area (Å²) in [5.41, 5.74) is 0.0590. The lowest BCUT2D eigenvalue weighted by Gasteiger charge is -2.32. The quantitative estimate of drug-likeness (QED) is 0.264. The van der Waals surface area contributed by atoms with E-state index < -0.39 is 23.6 Å². The van der Waals surface area contributed by atoms with Gasteiger partial charge in [-0.25, -0.2) is 9.59 Å². The van der Waals surface area contributed by atoms with Crippen LogP contribution >= 0.6 is 22.6 Å². The van der Waals surface area contributed by atoms with Crippen molar-refractivity contribution in [2.24, 2.45) is 5.41 Å². The van der Waals surface area contributed by atoms with E-state index in [0.717, 1.165) is 20.4 Å². The summed E-state index contributed by atoms with van der Waals surface area (Å²) in [6.07, 6.45) is 0.804. The van der Waals surface area contributed by atoms with Gasteiger partial charge in [-0.2, -0.15) is 0 Å². The number of carbonyl (C=O) groups excluding carboxylic acids is 1. The molecule has 1 amide bonds. The van der Waals surface area contributed by atoms with Crippen molar-refractivity contribution in [1.82, 2.24) is 0 Å². The minimum Gasteiger partial charge on any atom is -0.508 e. The van der Waals surface area contributed by atoms with Gasteiger partial charge in [-0.05, 0) is 52.2 Å². The minimum atomic E-state index is -1.11. The number of halogens is 1. The molecule has 3 rings (SSSR count). The number of phenols is 1. The standard InChI is InChI=1S/C24H22INO5/c1-24(2,13-12-21(28)29)22(18-14-16(25)10-11-20(18)27)31-23(30)26-19-9-5-7-15-6-3-4-8-17(15)19/h3-14,22,27H,1-2H3,(H,26,30)(H,28,29)/b13-12+/t22-/m1/s1. The molecule has 0 aliphatic carbocycles. The normalized spacial score (nSPS) is 12.6. The number of carboxylic acid groups (broad SMARTS) is 1. The third kappa shape index (κ3) is 5.55. The summed E-state index contributed by atoms with van der Waals surface area (Å²) in [5.74, 6) is -1.15. The van der Waals surface area contributed by atoms with Crippen molar-refractivity contribution in [1.29, 1.82) is 0 Å². The van der Waals surface area contributed by atoms with Gasteiger partial charge < -0.3 is 14.9 Å². The van der Waals surface area contributed by atoms with Gasteiger partial charge in [0.2, 0.25) is 0 Å². The van der Waals surface area contributed by atoms with Crippen molar-refractivity contribution in [2.75, 3.05) is 5.32 Å². The van der Waals surface area contributed by atoms with Crippen LogP contribution in [0.25, 0.3) is 10.8 Å². The molecule has 0 spiro atoms. The van der Waals surface area contributed by atoms with Crippen LogP contribution in [0.4, 0.5) is 10.5 Å². The summed E-state index contributed by atoms with van der Waals surface area (Å²) >= 11 is 2.10. The Morgan fingerprint density at radius 2 is 1.81 bits per heavy atom. The SMILES string of the molecule is CC(C)(/C=C/C(=O)O)[C@H](OC(=O)Nc1cccc2ccccc12)c1cc(I)ccc1O. The topological polar surface area (TPSA) is 95.9 Å². The van der Waals surface area contributed by atoms with Gasteiger partial charge in [0.25, 0.3) is 0 Å². The predicted molar refractivity (Wildman–Crippen MR) is 128 cm³/mol. The van der Waals surface area contributed by atoms with E-state index in [9.17, 15) is 14.7 Å². The Balaban J connectivity index is 1.95. The van der Waals surface area contributed by atoms with Gasteiger partial charge in [0.05, 0.1) is 5.69 Å². The Morgan fingerprint density at radius 1 is 1.10 bits per heavy atom. The van der Waals surface area contributed by atoms with Crippen LogP contribution in [0.5, 0.6) is 5.75 Å². The predicted octanol–water partition coefficient (Wildman–Crippen LogP) is 6.11. The Labute approximate surface area is 193 Å². The van der Waals surface area contributed by atoms with Gasteiger partial charge >= 0.3 is 12.1 Å². The molecule has 3 N–H and O–H groups in total. The highest BCUT2D eigenvalue weighted by atomic mass is 127. The van der Waals surface area contributed by atoms with Crippen LogP contribution in [0, 0.1) is 8.99 Å². The summed E-state index contributed by atoms with van der Waals surface area (Å²) in [7, 11) is 0. The van der Waals surface area contributed by atoms with Gasteiger partial charge in [-0.3, -0.25) is 5.32 Å². The lowest BCUT2D eigenvalue weighted by Crippen LogP contribution is -2.28. The zero-order valence-corrected chi connectivity index (χ0v) is 19.2. The monoisotopic (exact) mass is 531 g/mol. The Kier molecular flexibility index (Phi) is 6.84. The first kappa shape index (κ1) is 22.6. The molecule has 0 fully saturated rings. The van der Waals surface area contributed by atoms with Crippen LogP contribution in [0.2, 0.25) is 0 Å². The number of amides is 1. The summed E-state index contributed by atoms with van der Waals surface area (Å²) in [5, 5.41) is 24.1. The number of benzene rings is 3. The van der Waals surface area contributed by atoms with E-state index in [0.29, 0.717) is 11.3 Å². The molecular weight excluding hydrogens is 509 g/mol. The highest BCUT2D eigenvalue weighted by Gasteiger charge is 2.34. The van der Waals surface area contributed by atoms with Crippen molar-refractivity contribution >= 4 is 51.1 Å². The zero-order chi connectivity index (χ0) is 22.6. The van der Waals surface area contributed by atoms with E-state index in [4.69, 9.17) is 9.84 Å². The second kappa shape index (κ2) is 9.38. The molecule has 0 radical (unpaired) electrons. The molecule has 6 nitrogen and oxygen atoms in total. The van der Waals surface area contributed by atoms with Gasteiger partial charge in [-0.1, -0.05) is 56.3 Å². The number of phenolic OH excluding ortho intramolecular Hbond substituents is 1. The Bertz CT molecular complexity index is 1150. The first-order valence-corrected chi connectivity index (χ1v) is 10.6. The number of carboxylic acids is 1. The molecule has 0 aromatic heterocycles. The average molecular weight is 531 g/mol. The molecule has 31 heavy (non-hydrogen) atoms. The van der Waals surface area contributed by atoms with Crippen LogP contribution in [0.1, 0.15) is 25.5 Å². The van der Waals surface area contributed by atoms with E-state index in [2.05, 4.69) is 27.9 Å². The summed E-state index contributed by atoms with van der Waals surface area (Å²) in [6, 6.07) is 18.1. The molecular formula is C24H22INO5. The van der Waals surface area contributed by atoms with E-state index in [-0.39, 0.29) is 5.75 Å². The fourth-order valence-electron chi connectivity index (χ4n) is 3.31. The van der Waals surface area contributed by atoms with Crippen LogP contribution in [-0.2, 0) is 9.53 Å². The highest BCUT2D eigenvalue weighted by molar-refractivity contribution is 14.1. The Morgan fingerprint density at radius 3 is 2.55 bits per heavy atom. The Hall–Kier alpha value is -3.07. The molecule has 160 valence electrons. The van der Waals surface area contributed by atoms with Gasteiger partial charge in [0.15, 0.2) is 0 Å². The van der Waals surface area contributed by atoms with Crippen molar-refractivity contribution in [3.63, 3.8) is 0 Å². The zero-order valence-electron chi connectivity index (χ0n) is 17.0. The van der Waals surface area contributed by atoms with Gasteiger partial charge in [0.1, 0.15) is 11.9 Å². The molecule has 1 atom stereocenters. The van der Waals surface area contributed by atoms with Crippen LogP contribution in [0.15, 0.2) is 72.8 Å². The molecule has 3 aromatic rings. The lowest BCUT2D eigenvalue weighted by molar-refractivity contribution is -0.131. The first-order valence-electron chi connectivity index (χ1n) is 9.53. The molecule has 0 bridgehead atoms. The van der Waals surface area contributed by atoms with Crippen molar-refractivity contribution < 1.29 is 24.5 Å². The number of carbonyl (C=O) groups is 2. The molecule has 0 saturated heterocycles. The highest BCUT2D eigenvalue weighted by Crippen LogP contribution is 2.42. The first-order chi connectivity index (χ1) is 14.7. The fourth-order valence-corrected chi connectivity index (χ4v) is 3.82. The van der Waals surface area contributed by atoms with Crippen molar-refractivity contribution in [3.05, 3.63) is 81.9 Å². The van der Waals surface area contributed by atoms with E-state index in [1.165, 1.54) is 12.1 Å². The molecule has 3 aromatic carbocycles. The van der Waals surface area contributed by atoms with E-state index in [1.54, 1.807) is 32.0 Å². The summed E-state index contributed by atoms with van der Waals surface area (Å²) in [4.78, 5) is 23.9. The maximum absolute atomic E-state index is 12.9. The third-order valence-corrected chi connectivity index (χ3v) is 5.53. The second-order valence-corrected chi connectivity index (χ2v) is 8.88. The number of ether oxygens (including phenoxy) is 1. The lowest BCUT2D eigenvalue weighted by atomic mass is 9.81. The second-order valence-electron chi connectivity index (χ2n) is 7.63. The maximum atomic E-state index is 12.9. The number of nitrogens with one attached hydrogen (secondary N) is 1. The molecule has 0 aliphatic heterocycles. The number of hydrogen-bond acceptors (Lipinski definition) is 4. The maximum Gasteiger partial charge on any atom is 0.412 e. The molecule has 0 aliphatic rings. The minimum absolute atomic E-state index is 0.0415. The summed E-state index contributed by atoms with van der Waals surface area (Å²) < 4.78 is 6.60. The number of aliphatic carboxylic acids is 1. The number of anilines is 1. The van der Waals surface area contributed by atoms with Gasteiger partial charge in [-0.15, -0.1) is 0 Å². The number of hydrogen-bond donors (Lipinski definition) is 3. The van der Waals surface area contributed by atoms with Crippen LogP contribution < -0.4 is 5.32 Å².